The van der Waals surface area contributed by atoms with Crippen LogP contribution in [-0.4, -0.2) is 7.11 Å². The minimum Gasteiger partial charge on any atom is -0.497 e. The van der Waals surface area contributed by atoms with Crippen LogP contribution in [-0.2, 0) is 0 Å². The lowest BCUT2D eigenvalue weighted by Crippen LogP contribution is -2.00. The van der Waals surface area contributed by atoms with Gasteiger partial charge in [-0.3, -0.25) is 4.79 Å². The lowest BCUT2D eigenvalue weighted by Gasteiger charge is -2.04. The van der Waals surface area contributed by atoms with Gasteiger partial charge in [0.25, 0.3) is 0 Å². The van der Waals surface area contributed by atoms with Crippen LogP contribution in [0.4, 0.5) is 0 Å². The highest BCUT2D eigenvalue weighted by Crippen LogP contribution is 2.30. The molecule has 2 heterocycles. The normalized spacial score (nSPS) is 10.8. The van der Waals surface area contributed by atoms with Crippen molar-refractivity contribution in [1.29, 1.82) is 0 Å². The minimum atomic E-state index is -0.0355. The molecule has 0 atom stereocenters. The summed E-state index contributed by atoms with van der Waals surface area (Å²) in [6.45, 7) is 2.00. The number of thiophene rings is 1. The minimum absolute atomic E-state index is 0.0355. The number of benzene rings is 1. The number of hydrogen-bond donors (Lipinski definition) is 0. The summed E-state index contributed by atoms with van der Waals surface area (Å²) in [5, 5.41) is 2.55. The maximum atomic E-state index is 12.1. The highest BCUT2D eigenvalue weighted by atomic mass is 32.1. The summed E-state index contributed by atoms with van der Waals surface area (Å²) in [5.74, 6) is 1.29. The molecule has 0 aliphatic rings. The van der Waals surface area contributed by atoms with Crippen LogP contribution in [0.3, 0.4) is 0 Å². The Labute approximate surface area is 114 Å². The number of hydrogen-bond acceptors (Lipinski definition) is 4. The number of rotatable bonds is 2. The summed E-state index contributed by atoms with van der Waals surface area (Å²) >= 11 is 1.57. The second-order valence-electron chi connectivity index (χ2n) is 4.27. The van der Waals surface area contributed by atoms with E-state index >= 15 is 0 Å². The topological polar surface area (TPSA) is 39.4 Å². The monoisotopic (exact) mass is 272 g/mol. The molecule has 0 saturated heterocycles. The molecule has 0 aliphatic carbocycles. The fraction of sp³-hybridized carbons (Fsp3) is 0.133. The Bertz CT molecular complexity index is 799. The fourth-order valence-electron chi connectivity index (χ4n) is 2.00. The van der Waals surface area contributed by atoms with Crippen LogP contribution in [0.2, 0.25) is 0 Å². The molecule has 3 aromatic rings. The van der Waals surface area contributed by atoms with Gasteiger partial charge in [0.2, 0.25) is 0 Å². The third-order valence-electron chi connectivity index (χ3n) is 3.02. The smallest absolute Gasteiger partial charge is 0.193 e. The molecule has 0 saturated carbocycles. The van der Waals surface area contributed by atoms with Gasteiger partial charge in [-0.05, 0) is 36.1 Å². The fourth-order valence-corrected chi connectivity index (χ4v) is 2.88. The van der Waals surface area contributed by atoms with Crippen LogP contribution in [0.5, 0.6) is 5.75 Å². The van der Waals surface area contributed by atoms with E-state index in [1.54, 1.807) is 42.7 Å². The third kappa shape index (κ3) is 2.04. The highest BCUT2D eigenvalue weighted by molar-refractivity contribution is 7.13. The van der Waals surface area contributed by atoms with Crippen molar-refractivity contribution < 1.29 is 9.15 Å². The maximum absolute atomic E-state index is 12.1. The average Bonchev–Trinajstić information content (AvgIpc) is 2.84. The Morgan fingerprint density at radius 2 is 2.05 bits per heavy atom. The molecule has 0 spiro atoms. The molecule has 1 aromatic carbocycles. The quantitative estimate of drug-likeness (QED) is 0.711. The Balaban J connectivity index is 2.29. The number of fused-ring (bicyclic) bond motifs is 1. The van der Waals surface area contributed by atoms with Gasteiger partial charge in [0.15, 0.2) is 5.43 Å². The van der Waals surface area contributed by atoms with E-state index in [-0.39, 0.29) is 5.43 Å². The van der Waals surface area contributed by atoms with Crippen molar-refractivity contribution >= 4 is 22.3 Å². The van der Waals surface area contributed by atoms with Crippen LogP contribution in [0.15, 0.2) is 44.9 Å². The van der Waals surface area contributed by atoms with Crippen LogP contribution in [0.1, 0.15) is 5.56 Å². The zero-order valence-electron chi connectivity index (χ0n) is 10.6. The molecular weight excluding hydrogens is 260 g/mol. The van der Waals surface area contributed by atoms with E-state index < -0.39 is 0 Å². The molecule has 4 heteroatoms. The van der Waals surface area contributed by atoms with Gasteiger partial charge in [0.1, 0.15) is 17.1 Å². The summed E-state index contributed by atoms with van der Waals surface area (Å²) in [6.07, 6.45) is 0. The van der Waals surface area contributed by atoms with E-state index in [2.05, 4.69) is 0 Å². The standard InChI is InChI=1S/C15H12O3S/c1-9-5-6-19-15(9)14-8-12(16)11-4-3-10(17-2)7-13(11)18-14/h3-8H,1-2H3. The number of aryl methyl sites for hydroxylation is 1. The third-order valence-corrected chi connectivity index (χ3v) is 4.05. The molecule has 2 aromatic heterocycles. The second kappa shape index (κ2) is 4.55. The molecule has 0 amide bonds. The van der Waals surface area contributed by atoms with Gasteiger partial charge in [0, 0.05) is 12.1 Å². The van der Waals surface area contributed by atoms with E-state index in [0.717, 1.165) is 10.4 Å². The Hall–Kier alpha value is -2.07. The highest BCUT2D eigenvalue weighted by Gasteiger charge is 2.10. The maximum Gasteiger partial charge on any atom is 0.193 e. The van der Waals surface area contributed by atoms with Gasteiger partial charge >= 0.3 is 0 Å². The van der Waals surface area contributed by atoms with Crippen molar-refractivity contribution in [3.63, 3.8) is 0 Å². The molecule has 0 unspecified atom stereocenters. The van der Waals surface area contributed by atoms with E-state index in [0.29, 0.717) is 22.5 Å². The van der Waals surface area contributed by atoms with Crippen molar-refractivity contribution in [3.8, 4) is 16.4 Å². The first-order chi connectivity index (χ1) is 9.19. The van der Waals surface area contributed by atoms with Crippen LogP contribution >= 0.6 is 11.3 Å². The summed E-state index contributed by atoms with van der Waals surface area (Å²) < 4.78 is 11.0. The van der Waals surface area contributed by atoms with Crippen LogP contribution < -0.4 is 10.2 Å². The van der Waals surface area contributed by atoms with E-state index in [4.69, 9.17) is 9.15 Å². The summed E-state index contributed by atoms with van der Waals surface area (Å²) in [6, 6.07) is 8.78. The van der Waals surface area contributed by atoms with E-state index in [1.165, 1.54) is 0 Å². The van der Waals surface area contributed by atoms with Gasteiger partial charge in [-0.1, -0.05) is 0 Å². The lowest BCUT2D eigenvalue weighted by molar-refractivity contribution is 0.414. The molecule has 0 aliphatic heterocycles. The molecule has 0 N–H and O–H groups in total. The Morgan fingerprint density at radius 1 is 1.21 bits per heavy atom. The van der Waals surface area contributed by atoms with Gasteiger partial charge in [0.05, 0.1) is 17.4 Å². The molecule has 0 fully saturated rings. The van der Waals surface area contributed by atoms with Gasteiger partial charge in [-0.15, -0.1) is 11.3 Å². The molecule has 0 bridgehead atoms. The van der Waals surface area contributed by atoms with Crippen molar-refractivity contribution in [2.45, 2.75) is 6.92 Å². The van der Waals surface area contributed by atoms with Gasteiger partial charge in [-0.2, -0.15) is 0 Å². The summed E-state index contributed by atoms with van der Waals surface area (Å²) in [4.78, 5) is 13.1. The molecule has 3 nitrogen and oxygen atoms in total. The largest absolute Gasteiger partial charge is 0.497 e. The van der Waals surface area contributed by atoms with Gasteiger partial charge in [-0.25, -0.2) is 0 Å². The Morgan fingerprint density at radius 3 is 2.74 bits per heavy atom. The number of methoxy groups -OCH3 is 1. The molecule has 19 heavy (non-hydrogen) atoms. The zero-order chi connectivity index (χ0) is 13.4. The van der Waals surface area contributed by atoms with Crippen LogP contribution in [0, 0.1) is 6.92 Å². The first-order valence-electron chi connectivity index (χ1n) is 5.85. The van der Waals surface area contributed by atoms with Crippen molar-refractivity contribution in [2.75, 3.05) is 7.11 Å². The van der Waals surface area contributed by atoms with E-state index in [9.17, 15) is 4.79 Å². The molecule has 0 radical (unpaired) electrons. The SMILES string of the molecule is COc1ccc2c(=O)cc(-c3sccc3C)oc2c1. The predicted molar refractivity (Wildman–Crippen MR) is 77.1 cm³/mol. The second-order valence-corrected chi connectivity index (χ2v) is 5.19. The Kier molecular flexibility index (Phi) is 2.87. The predicted octanol–water partition coefficient (Wildman–Crippen LogP) is 3.84. The van der Waals surface area contributed by atoms with Crippen molar-refractivity contribution in [2.24, 2.45) is 0 Å². The van der Waals surface area contributed by atoms with Gasteiger partial charge < -0.3 is 9.15 Å². The van der Waals surface area contributed by atoms with Crippen molar-refractivity contribution in [1.82, 2.24) is 0 Å². The molecular formula is C15H12O3S. The average molecular weight is 272 g/mol. The van der Waals surface area contributed by atoms with Crippen LogP contribution in [0.25, 0.3) is 21.6 Å². The first kappa shape index (κ1) is 12.0. The number of ether oxygens (including phenoxy) is 1. The summed E-state index contributed by atoms with van der Waals surface area (Å²) in [7, 11) is 1.59. The first-order valence-corrected chi connectivity index (χ1v) is 6.73. The summed E-state index contributed by atoms with van der Waals surface area (Å²) in [5.41, 5.74) is 1.62. The van der Waals surface area contributed by atoms with E-state index in [1.807, 2.05) is 18.4 Å². The zero-order valence-corrected chi connectivity index (χ0v) is 11.4. The molecule has 3 rings (SSSR count). The van der Waals surface area contributed by atoms with Crippen molar-refractivity contribution in [3.05, 3.63) is 51.5 Å². The molecule has 96 valence electrons. The lowest BCUT2D eigenvalue weighted by atomic mass is 10.2.